The van der Waals surface area contributed by atoms with Crippen molar-refractivity contribution in [1.82, 2.24) is 5.32 Å². The molecule has 5 nitrogen and oxygen atoms in total. The van der Waals surface area contributed by atoms with Crippen molar-refractivity contribution in [3.63, 3.8) is 0 Å². The Hall–Kier alpha value is -2.30. The minimum absolute atomic E-state index is 0.134. The highest BCUT2D eigenvalue weighted by Crippen LogP contribution is 2.21. The van der Waals surface area contributed by atoms with Crippen LogP contribution in [0.4, 0.5) is 16.2 Å². The number of aryl methyl sites for hydroxylation is 1. The summed E-state index contributed by atoms with van der Waals surface area (Å²) in [4.78, 5) is 23.1. The predicted octanol–water partition coefficient (Wildman–Crippen LogP) is 3.97. The zero-order valence-corrected chi connectivity index (χ0v) is 13.9. The van der Waals surface area contributed by atoms with Gasteiger partial charge in [0, 0.05) is 24.8 Å². The van der Waals surface area contributed by atoms with E-state index in [1.165, 1.54) is 25.3 Å². The topological polar surface area (TPSA) is 70.2 Å². The van der Waals surface area contributed by atoms with E-state index < -0.39 is 0 Å². The minimum Gasteiger partial charge on any atom is -0.338 e. The number of carbonyl (C=O) groups is 2. The Balaban J connectivity index is 1.84. The molecule has 2 rings (SSSR count). The number of anilines is 2. The van der Waals surface area contributed by atoms with E-state index in [9.17, 15) is 9.59 Å². The van der Waals surface area contributed by atoms with Crippen LogP contribution in [0.5, 0.6) is 0 Å². The van der Waals surface area contributed by atoms with Crippen molar-refractivity contribution in [2.75, 3.05) is 17.2 Å². The Morgan fingerprint density at radius 3 is 2.70 bits per heavy atom. The molecule has 0 aromatic heterocycles. The lowest BCUT2D eigenvalue weighted by Gasteiger charge is -2.14. The molecule has 1 aliphatic carbocycles. The van der Waals surface area contributed by atoms with Gasteiger partial charge in [0.25, 0.3) is 0 Å². The number of rotatable bonds is 5. The fourth-order valence-corrected chi connectivity index (χ4v) is 2.67. The summed E-state index contributed by atoms with van der Waals surface area (Å²) in [5.41, 5.74) is 3.76. The van der Waals surface area contributed by atoms with Crippen LogP contribution in [0.1, 0.15) is 44.6 Å². The van der Waals surface area contributed by atoms with Gasteiger partial charge in [0.05, 0.1) is 0 Å². The summed E-state index contributed by atoms with van der Waals surface area (Å²) in [5, 5.41) is 8.44. The van der Waals surface area contributed by atoms with Gasteiger partial charge in [-0.15, -0.1) is 0 Å². The number of amides is 3. The van der Waals surface area contributed by atoms with Crippen molar-refractivity contribution in [2.45, 2.75) is 46.0 Å². The Morgan fingerprint density at radius 2 is 2.00 bits per heavy atom. The van der Waals surface area contributed by atoms with Crippen LogP contribution < -0.4 is 16.0 Å². The molecule has 0 radical (unpaired) electrons. The lowest BCUT2D eigenvalue weighted by molar-refractivity contribution is -0.114. The molecule has 124 valence electrons. The molecule has 1 aliphatic rings. The van der Waals surface area contributed by atoms with Gasteiger partial charge in [0.2, 0.25) is 5.91 Å². The fourth-order valence-electron chi connectivity index (χ4n) is 2.67. The van der Waals surface area contributed by atoms with Gasteiger partial charge in [-0.05, 0) is 56.7 Å². The third-order valence-electron chi connectivity index (χ3n) is 3.92. The Kier molecular flexibility index (Phi) is 6.20. The molecule has 0 saturated heterocycles. The number of urea groups is 1. The Labute approximate surface area is 137 Å². The smallest absolute Gasteiger partial charge is 0.319 e. The quantitative estimate of drug-likeness (QED) is 0.720. The lowest BCUT2D eigenvalue weighted by atomic mass is 9.97. The fraction of sp³-hybridized carbons (Fsp3) is 0.444. The summed E-state index contributed by atoms with van der Waals surface area (Å²) >= 11 is 0. The summed E-state index contributed by atoms with van der Waals surface area (Å²) in [6.45, 7) is 4.02. The van der Waals surface area contributed by atoms with E-state index in [-0.39, 0.29) is 11.9 Å². The number of nitrogens with one attached hydrogen (secondary N) is 3. The minimum atomic E-state index is -0.218. The van der Waals surface area contributed by atoms with Crippen molar-refractivity contribution in [2.24, 2.45) is 0 Å². The van der Waals surface area contributed by atoms with Crippen molar-refractivity contribution >= 4 is 23.3 Å². The molecule has 0 unspecified atom stereocenters. The SMILES string of the molecule is CC(=O)Nc1ccc(C)c(NC(=O)NCCC2=CCCCC2)c1. The Bertz CT molecular complexity index is 608. The van der Waals surface area contributed by atoms with E-state index in [1.54, 1.807) is 6.07 Å². The van der Waals surface area contributed by atoms with Crippen LogP contribution in [0.25, 0.3) is 0 Å². The van der Waals surface area contributed by atoms with Crippen LogP contribution in [0.15, 0.2) is 29.8 Å². The van der Waals surface area contributed by atoms with Crippen molar-refractivity contribution in [3.05, 3.63) is 35.4 Å². The number of allylic oxidation sites excluding steroid dienone is 1. The van der Waals surface area contributed by atoms with Crippen LogP contribution in [-0.2, 0) is 4.79 Å². The first-order chi connectivity index (χ1) is 11.0. The van der Waals surface area contributed by atoms with Gasteiger partial charge in [-0.25, -0.2) is 4.79 Å². The largest absolute Gasteiger partial charge is 0.338 e. The maximum atomic E-state index is 12.0. The standard InChI is InChI=1S/C18H25N3O2/c1-13-8-9-16(20-14(2)22)12-17(13)21-18(23)19-11-10-15-6-4-3-5-7-15/h6,8-9,12H,3-5,7,10-11H2,1-2H3,(H,20,22)(H2,19,21,23). The van der Waals surface area contributed by atoms with Crippen molar-refractivity contribution in [1.29, 1.82) is 0 Å². The molecule has 5 heteroatoms. The number of benzene rings is 1. The first-order valence-corrected chi connectivity index (χ1v) is 8.15. The number of hydrogen-bond donors (Lipinski definition) is 3. The molecule has 0 aliphatic heterocycles. The second-order valence-corrected chi connectivity index (χ2v) is 5.95. The summed E-state index contributed by atoms with van der Waals surface area (Å²) in [6.07, 6.45) is 8.06. The van der Waals surface area contributed by atoms with Gasteiger partial charge in [0.1, 0.15) is 0 Å². The normalized spacial score (nSPS) is 13.9. The van der Waals surface area contributed by atoms with Gasteiger partial charge in [-0.3, -0.25) is 4.79 Å². The average molecular weight is 315 g/mol. The van der Waals surface area contributed by atoms with Crippen LogP contribution in [0.3, 0.4) is 0 Å². The molecule has 0 heterocycles. The summed E-state index contributed by atoms with van der Waals surface area (Å²) < 4.78 is 0. The van der Waals surface area contributed by atoms with E-state index in [2.05, 4.69) is 22.0 Å². The summed E-state index contributed by atoms with van der Waals surface area (Å²) in [7, 11) is 0. The first-order valence-electron chi connectivity index (χ1n) is 8.15. The van der Waals surface area contributed by atoms with Crippen LogP contribution in [0.2, 0.25) is 0 Å². The highest BCUT2D eigenvalue weighted by molar-refractivity contribution is 5.93. The monoisotopic (exact) mass is 315 g/mol. The molecule has 0 saturated carbocycles. The van der Waals surface area contributed by atoms with Crippen LogP contribution in [0, 0.1) is 6.92 Å². The molecular formula is C18H25N3O2. The van der Waals surface area contributed by atoms with Gasteiger partial charge in [-0.1, -0.05) is 17.7 Å². The van der Waals surface area contributed by atoms with Crippen molar-refractivity contribution in [3.8, 4) is 0 Å². The zero-order chi connectivity index (χ0) is 16.7. The van der Waals surface area contributed by atoms with E-state index in [1.807, 2.05) is 19.1 Å². The lowest BCUT2D eigenvalue weighted by Crippen LogP contribution is -2.30. The van der Waals surface area contributed by atoms with Gasteiger partial charge in [0.15, 0.2) is 0 Å². The third-order valence-corrected chi connectivity index (χ3v) is 3.92. The van der Waals surface area contributed by atoms with E-state index in [0.717, 1.165) is 24.8 Å². The Morgan fingerprint density at radius 1 is 1.17 bits per heavy atom. The molecule has 1 aromatic rings. The van der Waals surface area contributed by atoms with Crippen LogP contribution >= 0.6 is 0 Å². The molecule has 3 N–H and O–H groups in total. The predicted molar refractivity (Wildman–Crippen MR) is 93.7 cm³/mol. The van der Waals surface area contributed by atoms with E-state index in [4.69, 9.17) is 0 Å². The molecule has 1 aromatic carbocycles. The van der Waals surface area contributed by atoms with E-state index in [0.29, 0.717) is 17.9 Å². The third kappa shape index (κ3) is 5.77. The van der Waals surface area contributed by atoms with Gasteiger partial charge < -0.3 is 16.0 Å². The molecule has 0 spiro atoms. The first kappa shape index (κ1) is 17.1. The maximum absolute atomic E-state index is 12.0. The summed E-state index contributed by atoms with van der Waals surface area (Å²) in [6, 6.07) is 5.23. The summed E-state index contributed by atoms with van der Waals surface area (Å²) in [5.74, 6) is -0.134. The molecule has 0 bridgehead atoms. The van der Waals surface area contributed by atoms with Crippen molar-refractivity contribution < 1.29 is 9.59 Å². The average Bonchev–Trinajstić information content (AvgIpc) is 2.51. The second-order valence-electron chi connectivity index (χ2n) is 5.95. The van der Waals surface area contributed by atoms with Crippen LogP contribution in [-0.4, -0.2) is 18.5 Å². The zero-order valence-electron chi connectivity index (χ0n) is 13.9. The molecule has 3 amide bonds. The maximum Gasteiger partial charge on any atom is 0.319 e. The van der Waals surface area contributed by atoms with Gasteiger partial charge >= 0.3 is 6.03 Å². The number of carbonyl (C=O) groups excluding carboxylic acids is 2. The number of hydrogen-bond acceptors (Lipinski definition) is 2. The molecule has 0 fully saturated rings. The molecular weight excluding hydrogens is 290 g/mol. The highest BCUT2D eigenvalue weighted by Gasteiger charge is 2.07. The molecule has 0 atom stereocenters. The second kappa shape index (κ2) is 8.36. The highest BCUT2D eigenvalue weighted by atomic mass is 16.2. The van der Waals surface area contributed by atoms with E-state index >= 15 is 0 Å². The van der Waals surface area contributed by atoms with Gasteiger partial charge in [-0.2, -0.15) is 0 Å². The molecule has 23 heavy (non-hydrogen) atoms.